The maximum absolute atomic E-state index is 12.1. The molecule has 96 valence electrons. The van der Waals surface area contributed by atoms with Gasteiger partial charge in [0.05, 0.1) is 15.6 Å². The fourth-order valence-electron chi connectivity index (χ4n) is 1.96. The van der Waals surface area contributed by atoms with Crippen molar-refractivity contribution in [2.75, 3.05) is 5.73 Å². The highest BCUT2D eigenvalue weighted by atomic mass is 35.5. The Balaban J connectivity index is 2.15. The van der Waals surface area contributed by atoms with Crippen LogP contribution in [0.3, 0.4) is 0 Å². The molecule has 2 rings (SSSR count). The minimum Gasteiger partial charge on any atom is -0.399 e. The van der Waals surface area contributed by atoms with E-state index >= 15 is 0 Å². The molecular weight excluding hydrogens is 271 g/mol. The minimum absolute atomic E-state index is 0.152. The minimum atomic E-state index is -0.227. The second-order valence-electron chi connectivity index (χ2n) is 4.32. The molecule has 3 nitrogen and oxygen atoms in total. The molecule has 0 saturated carbocycles. The van der Waals surface area contributed by atoms with Gasteiger partial charge in [0.1, 0.15) is 0 Å². The normalized spacial score (nSPS) is 18.7. The van der Waals surface area contributed by atoms with Gasteiger partial charge in [0.25, 0.3) is 5.91 Å². The Morgan fingerprint density at radius 1 is 1.33 bits per heavy atom. The summed E-state index contributed by atoms with van der Waals surface area (Å²) in [7, 11) is 0. The van der Waals surface area contributed by atoms with Crippen molar-refractivity contribution in [3.05, 3.63) is 39.9 Å². The van der Waals surface area contributed by atoms with Crippen LogP contribution in [0.2, 0.25) is 10.0 Å². The molecule has 0 aliphatic heterocycles. The van der Waals surface area contributed by atoms with Gasteiger partial charge in [0, 0.05) is 11.7 Å². The van der Waals surface area contributed by atoms with Gasteiger partial charge >= 0.3 is 0 Å². The Morgan fingerprint density at radius 3 is 2.78 bits per heavy atom. The second kappa shape index (κ2) is 5.63. The van der Waals surface area contributed by atoms with Gasteiger partial charge in [-0.05, 0) is 31.4 Å². The third kappa shape index (κ3) is 2.98. The van der Waals surface area contributed by atoms with E-state index < -0.39 is 0 Å². The molecule has 0 spiro atoms. The largest absolute Gasteiger partial charge is 0.399 e. The molecule has 0 saturated heterocycles. The molecule has 5 heteroatoms. The van der Waals surface area contributed by atoms with Gasteiger partial charge in [-0.3, -0.25) is 4.79 Å². The van der Waals surface area contributed by atoms with E-state index in [9.17, 15) is 4.79 Å². The van der Waals surface area contributed by atoms with E-state index in [2.05, 4.69) is 17.5 Å². The van der Waals surface area contributed by atoms with Crippen LogP contribution in [0, 0.1) is 0 Å². The first-order valence-corrected chi connectivity index (χ1v) is 6.54. The summed E-state index contributed by atoms with van der Waals surface area (Å²) in [4.78, 5) is 12.1. The van der Waals surface area contributed by atoms with Gasteiger partial charge in [0.15, 0.2) is 0 Å². The van der Waals surface area contributed by atoms with Crippen LogP contribution in [-0.4, -0.2) is 11.9 Å². The average molecular weight is 285 g/mol. The number of rotatable bonds is 2. The molecule has 0 fully saturated rings. The first kappa shape index (κ1) is 13.2. The van der Waals surface area contributed by atoms with Crippen LogP contribution in [0.1, 0.15) is 29.6 Å². The number of anilines is 1. The second-order valence-corrected chi connectivity index (χ2v) is 5.10. The quantitative estimate of drug-likeness (QED) is 0.646. The van der Waals surface area contributed by atoms with E-state index in [0.717, 1.165) is 19.3 Å². The summed E-state index contributed by atoms with van der Waals surface area (Å²) in [5.41, 5.74) is 6.42. The molecule has 1 aliphatic rings. The van der Waals surface area contributed by atoms with Crippen molar-refractivity contribution in [3.63, 3.8) is 0 Å². The van der Waals surface area contributed by atoms with Gasteiger partial charge in [-0.25, -0.2) is 0 Å². The Bertz CT molecular complexity index is 500. The maximum atomic E-state index is 12.1. The average Bonchev–Trinajstić information content (AvgIpc) is 2.35. The molecule has 0 radical (unpaired) electrons. The maximum Gasteiger partial charge on any atom is 0.253 e. The first-order chi connectivity index (χ1) is 8.58. The Labute approximate surface area is 116 Å². The van der Waals surface area contributed by atoms with Crippen molar-refractivity contribution in [1.82, 2.24) is 5.32 Å². The molecule has 1 aromatic carbocycles. The highest BCUT2D eigenvalue weighted by Crippen LogP contribution is 2.29. The zero-order chi connectivity index (χ0) is 13.1. The van der Waals surface area contributed by atoms with E-state index in [0.29, 0.717) is 16.3 Å². The number of nitrogen functional groups attached to an aromatic ring is 1. The Morgan fingerprint density at radius 2 is 2.11 bits per heavy atom. The molecule has 18 heavy (non-hydrogen) atoms. The molecule has 1 atom stereocenters. The Hall–Kier alpha value is -1.19. The summed E-state index contributed by atoms with van der Waals surface area (Å²) >= 11 is 11.9. The summed E-state index contributed by atoms with van der Waals surface area (Å²) in [5, 5.41) is 3.48. The third-order valence-electron chi connectivity index (χ3n) is 2.90. The van der Waals surface area contributed by atoms with Crippen LogP contribution in [0.5, 0.6) is 0 Å². The van der Waals surface area contributed by atoms with Crippen molar-refractivity contribution in [2.24, 2.45) is 0 Å². The number of carbonyl (C=O) groups is 1. The lowest BCUT2D eigenvalue weighted by atomic mass is 10.0. The van der Waals surface area contributed by atoms with E-state index in [1.54, 1.807) is 6.07 Å². The highest BCUT2D eigenvalue weighted by molar-refractivity contribution is 6.44. The fraction of sp³-hybridized carbons (Fsp3) is 0.308. The number of nitrogens with two attached hydrogens (primary N) is 1. The van der Waals surface area contributed by atoms with Crippen molar-refractivity contribution in [3.8, 4) is 0 Å². The number of benzene rings is 1. The van der Waals surface area contributed by atoms with E-state index in [-0.39, 0.29) is 17.0 Å². The number of amides is 1. The van der Waals surface area contributed by atoms with Gasteiger partial charge in [-0.2, -0.15) is 0 Å². The number of halogens is 2. The van der Waals surface area contributed by atoms with Crippen LogP contribution in [0.4, 0.5) is 5.69 Å². The summed E-state index contributed by atoms with van der Waals surface area (Å²) in [6.45, 7) is 0. The monoisotopic (exact) mass is 284 g/mol. The molecule has 1 amide bonds. The van der Waals surface area contributed by atoms with Crippen molar-refractivity contribution >= 4 is 34.8 Å². The predicted octanol–water partition coefficient (Wildman–Crippen LogP) is 3.41. The van der Waals surface area contributed by atoms with Crippen LogP contribution in [-0.2, 0) is 0 Å². The molecule has 0 bridgehead atoms. The summed E-state index contributed by atoms with van der Waals surface area (Å²) in [5.74, 6) is -0.227. The summed E-state index contributed by atoms with van der Waals surface area (Å²) in [6.07, 6.45) is 6.96. The van der Waals surface area contributed by atoms with Gasteiger partial charge in [-0.15, -0.1) is 0 Å². The van der Waals surface area contributed by atoms with Gasteiger partial charge in [-0.1, -0.05) is 35.4 Å². The number of allylic oxidation sites excluding steroid dienone is 1. The lowest BCUT2D eigenvalue weighted by Gasteiger charge is -2.20. The standard InChI is InChI=1S/C13H14Cl2N2O/c14-11-7-8(16)6-10(12(11)15)13(18)17-9-4-2-1-3-5-9/h1-2,6-7,9H,3-5,16H2,(H,17,18). The number of hydrogen-bond acceptors (Lipinski definition) is 2. The zero-order valence-corrected chi connectivity index (χ0v) is 11.3. The lowest BCUT2D eigenvalue weighted by molar-refractivity contribution is 0.0935. The smallest absolute Gasteiger partial charge is 0.253 e. The zero-order valence-electron chi connectivity index (χ0n) is 9.75. The van der Waals surface area contributed by atoms with Crippen LogP contribution in [0.25, 0.3) is 0 Å². The fourth-order valence-corrected chi connectivity index (χ4v) is 2.39. The molecule has 0 aromatic heterocycles. The van der Waals surface area contributed by atoms with Crippen molar-refractivity contribution < 1.29 is 4.79 Å². The lowest BCUT2D eigenvalue weighted by Crippen LogP contribution is -2.35. The number of carbonyl (C=O) groups excluding carboxylic acids is 1. The summed E-state index contributed by atoms with van der Waals surface area (Å²) < 4.78 is 0. The molecule has 0 heterocycles. The number of nitrogens with one attached hydrogen (secondary N) is 1. The molecule has 1 unspecified atom stereocenters. The van der Waals surface area contributed by atoms with E-state index in [1.165, 1.54) is 6.07 Å². The van der Waals surface area contributed by atoms with Crippen molar-refractivity contribution in [1.29, 1.82) is 0 Å². The van der Waals surface area contributed by atoms with Crippen LogP contribution >= 0.6 is 23.2 Å². The topological polar surface area (TPSA) is 55.1 Å². The Kier molecular flexibility index (Phi) is 4.15. The van der Waals surface area contributed by atoms with Crippen LogP contribution < -0.4 is 11.1 Å². The third-order valence-corrected chi connectivity index (χ3v) is 3.70. The summed E-state index contributed by atoms with van der Waals surface area (Å²) in [6, 6.07) is 3.23. The molecular formula is C13H14Cl2N2O. The number of hydrogen-bond donors (Lipinski definition) is 2. The van der Waals surface area contributed by atoms with E-state index in [1.807, 2.05) is 0 Å². The van der Waals surface area contributed by atoms with Gasteiger partial charge in [0.2, 0.25) is 0 Å². The van der Waals surface area contributed by atoms with Crippen LogP contribution in [0.15, 0.2) is 24.3 Å². The van der Waals surface area contributed by atoms with Crippen molar-refractivity contribution in [2.45, 2.75) is 25.3 Å². The molecule has 1 aliphatic carbocycles. The van der Waals surface area contributed by atoms with E-state index in [4.69, 9.17) is 28.9 Å². The SMILES string of the molecule is Nc1cc(Cl)c(Cl)c(C(=O)NC2CC=CCC2)c1. The molecule has 1 aromatic rings. The van der Waals surface area contributed by atoms with Gasteiger partial charge < -0.3 is 11.1 Å². The first-order valence-electron chi connectivity index (χ1n) is 5.78. The highest BCUT2D eigenvalue weighted by Gasteiger charge is 2.18. The molecule has 3 N–H and O–H groups in total. The predicted molar refractivity (Wildman–Crippen MR) is 75.1 cm³/mol.